The lowest BCUT2D eigenvalue weighted by Crippen LogP contribution is -2.49. The lowest BCUT2D eigenvalue weighted by Gasteiger charge is -2.41. The van der Waals surface area contributed by atoms with Gasteiger partial charge >= 0.3 is 0 Å². The van der Waals surface area contributed by atoms with E-state index in [4.69, 9.17) is 27.6 Å². The Morgan fingerprint density at radius 1 is 1.00 bits per heavy atom. The summed E-state index contributed by atoms with van der Waals surface area (Å²) in [6.45, 7) is 13.2. The minimum atomic E-state index is -2.23. The molecule has 26 heavy (non-hydrogen) atoms. The lowest BCUT2D eigenvalue weighted by atomic mass is 9.97. The van der Waals surface area contributed by atoms with Crippen LogP contribution in [-0.2, 0) is 9.22 Å². The summed E-state index contributed by atoms with van der Waals surface area (Å²) < 4.78 is 6.41. The maximum Gasteiger partial charge on any atom is 0.296 e. The monoisotopic (exact) mass is 410 g/mol. The van der Waals surface area contributed by atoms with Crippen molar-refractivity contribution in [2.45, 2.75) is 64.1 Å². The van der Waals surface area contributed by atoms with Crippen molar-refractivity contribution in [3.05, 3.63) is 39.4 Å². The van der Waals surface area contributed by atoms with Gasteiger partial charge in [0.25, 0.3) is 14.3 Å². The molecule has 2 aliphatic carbocycles. The molecule has 0 unspecified atom stereocenters. The molecule has 3 atom stereocenters. The third-order valence-corrected chi connectivity index (χ3v) is 13.0. The molecule has 142 valence electrons. The summed E-state index contributed by atoms with van der Waals surface area (Å²) in [5.41, 5.74) is 3.12. The molecular weight excluding hydrogens is 383 g/mol. The Balaban J connectivity index is 1.89. The largest absolute Gasteiger partial charge is 0.518 e. The third-order valence-electron chi connectivity index (χ3n) is 6.33. The van der Waals surface area contributed by atoms with Crippen molar-refractivity contribution < 1.29 is 9.22 Å². The van der Waals surface area contributed by atoms with Crippen LogP contribution in [0.25, 0.3) is 6.08 Å². The highest BCUT2D eigenvalue weighted by atomic mass is 35.5. The standard InChI is InChI=1S/C21H28Cl2O2Si/c1-11(2)26(12(3)4,13(5)6)25-21(24)20-15-8-7-14-16(22)9-10-17(23)18(14)19(15)20/h7-13,15,19-20H,1-6H3/t15-,19-,20+/m0/s1. The first-order valence-corrected chi connectivity index (χ1v) is 12.4. The van der Waals surface area contributed by atoms with Crippen molar-refractivity contribution >= 4 is 43.6 Å². The lowest BCUT2D eigenvalue weighted by molar-refractivity contribution is -0.137. The summed E-state index contributed by atoms with van der Waals surface area (Å²) in [5.74, 6) is 0.110. The van der Waals surface area contributed by atoms with Crippen LogP contribution in [0.4, 0.5) is 0 Å². The Hall–Kier alpha value is -0.773. The minimum absolute atomic E-state index is 0.0451. The van der Waals surface area contributed by atoms with Crippen molar-refractivity contribution in [3.8, 4) is 0 Å². The molecule has 0 bridgehead atoms. The average Bonchev–Trinajstić information content (AvgIpc) is 3.29. The normalized spacial score (nSPS) is 24.0. The van der Waals surface area contributed by atoms with Gasteiger partial charge in [-0.25, -0.2) is 0 Å². The van der Waals surface area contributed by atoms with E-state index >= 15 is 0 Å². The number of benzene rings is 1. The molecule has 5 heteroatoms. The molecule has 0 aliphatic heterocycles. The summed E-state index contributed by atoms with van der Waals surface area (Å²) in [7, 11) is -2.23. The molecule has 1 aromatic rings. The number of allylic oxidation sites excluding steroid dienone is 1. The van der Waals surface area contributed by atoms with Crippen LogP contribution in [0.15, 0.2) is 18.2 Å². The molecule has 2 aliphatic rings. The summed E-state index contributed by atoms with van der Waals surface area (Å²) in [6.07, 6.45) is 4.11. The van der Waals surface area contributed by atoms with Gasteiger partial charge in [-0.1, -0.05) is 76.9 Å². The van der Waals surface area contributed by atoms with E-state index in [1.54, 1.807) is 0 Å². The van der Waals surface area contributed by atoms with Gasteiger partial charge in [0.2, 0.25) is 0 Å². The summed E-state index contributed by atoms with van der Waals surface area (Å²) in [4.78, 5) is 13.2. The molecule has 0 N–H and O–H groups in total. The zero-order valence-electron chi connectivity index (χ0n) is 16.3. The van der Waals surface area contributed by atoms with Gasteiger partial charge in [0.15, 0.2) is 0 Å². The number of carbonyl (C=O) groups is 1. The number of fused-ring (bicyclic) bond motifs is 3. The van der Waals surface area contributed by atoms with Crippen LogP contribution in [-0.4, -0.2) is 14.3 Å². The van der Waals surface area contributed by atoms with Crippen LogP contribution >= 0.6 is 23.2 Å². The molecule has 3 rings (SSSR count). The van der Waals surface area contributed by atoms with Crippen molar-refractivity contribution in [2.75, 3.05) is 0 Å². The minimum Gasteiger partial charge on any atom is -0.518 e. The quantitative estimate of drug-likeness (QED) is 0.485. The summed E-state index contributed by atoms with van der Waals surface area (Å²) >= 11 is 12.8. The first-order chi connectivity index (χ1) is 12.1. The highest BCUT2D eigenvalue weighted by Crippen LogP contribution is 2.61. The van der Waals surface area contributed by atoms with Crippen molar-refractivity contribution in [1.29, 1.82) is 0 Å². The number of carbonyl (C=O) groups excluding carboxylic acids is 1. The fraction of sp³-hybridized carbons (Fsp3) is 0.571. The number of hydrogen-bond donors (Lipinski definition) is 0. The van der Waals surface area contributed by atoms with Crippen LogP contribution in [0.1, 0.15) is 58.6 Å². The molecule has 0 radical (unpaired) electrons. The van der Waals surface area contributed by atoms with E-state index in [0.29, 0.717) is 26.7 Å². The Labute approximate surface area is 168 Å². The zero-order valence-corrected chi connectivity index (χ0v) is 18.9. The molecule has 0 amide bonds. The van der Waals surface area contributed by atoms with Gasteiger partial charge in [0, 0.05) is 16.0 Å². The second kappa shape index (κ2) is 6.99. The fourth-order valence-electron chi connectivity index (χ4n) is 5.14. The molecule has 2 nitrogen and oxygen atoms in total. The van der Waals surface area contributed by atoms with Crippen molar-refractivity contribution in [2.24, 2.45) is 11.8 Å². The SMILES string of the molecule is CC(C)[Si](OC(=O)[C@@H]1[C@H]2C=Cc3c(Cl)ccc(Cl)c3[C@H]21)(C(C)C)C(C)C. The smallest absolute Gasteiger partial charge is 0.296 e. The van der Waals surface area contributed by atoms with Gasteiger partial charge in [0.05, 0.1) is 5.92 Å². The molecular formula is C21H28Cl2O2Si. The maximum absolute atomic E-state index is 13.2. The number of rotatable bonds is 5. The summed E-state index contributed by atoms with van der Waals surface area (Å²) in [5, 5.41) is 1.38. The Morgan fingerprint density at radius 2 is 1.54 bits per heavy atom. The van der Waals surface area contributed by atoms with Gasteiger partial charge in [-0.3, -0.25) is 4.79 Å². The van der Waals surface area contributed by atoms with Crippen LogP contribution in [0, 0.1) is 11.8 Å². The highest BCUT2D eigenvalue weighted by Gasteiger charge is 2.60. The summed E-state index contributed by atoms with van der Waals surface area (Å²) in [6, 6.07) is 3.65. The van der Waals surface area contributed by atoms with E-state index in [9.17, 15) is 4.79 Å². The molecule has 1 saturated carbocycles. The van der Waals surface area contributed by atoms with Crippen LogP contribution in [0.5, 0.6) is 0 Å². The topological polar surface area (TPSA) is 26.3 Å². The van der Waals surface area contributed by atoms with E-state index in [0.717, 1.165) is 11.1 Å². The second-order valence-corrected chi connectivity index (χ2v) is 14.8. The Bertz CT molecular complexity index is 733. The van der Waals surface area contributed by atoms with E-state index in [2.05, 4.69) is 47.6 Å². The van der Waals surface area contributed by atoms with Gasteiger partial charge in [-0.2, -0.15) is 0 Å². The van der Waals surface area contributed by atoms with Crippen LogP contribution in [0.3, 0.4) is 0 Å². The van der Waals surface area contributed by atoms with Gasteiger partial charge in [-0.15, -0.1) is 0 Å². The maximum atomic E-state index is 13.2. The Kier molecular flexibility index (Phi) is 5.37. The van der Waals surface area contributed by atoms with Crippen molar-refractivity contribution in [3.63, 3.8) is 0 Å². The van der Waals surface area contributed by atoms with Crippen molar-refractivity contribution in [1.82, 2.24) is 0 Å². The number of hydrogen-bond acceptors (Lipinski definition) is 2. The highest BCUT2D eigenvalue weighted by molar-refractivity contribution is 6.79. The van der Waals surface area contributed by atoms with Gasteiger partial charge < -0.3 is 4.43 Å². The molecule has 1 fully saturated rings. The number of halogens is 2. The predicted molar refractivity (Wildman–Crippen MR) is 112 cm³/mol. The van der Waals surface area contributed by atoms with E-state index in [1.807, 2.05) is 18.2 Å². The van der Waals surface area contributed by atoms with Crippen LogP contribution in [0.2, 0.25) is 26.7 Å². The van der Waals surface area contributed by atoms with E-state index < -0.39 is 8.32 Å². The predicted octanol–water partition coefficient (Wildman–Crippen LogP) is 7.07. The van der Waals surface area contributed by atoms with E-state index in [1.165, 1.54) is 0 Å². The first-order valence-electron chi connectivity index (χ1n) is 9.51. The third kappa shape index (κ3) is 2.96. The van der Waals surface area contributed by atoms with E-state index in [-0.39, 0.29) is 23.7 Å². The van der Waals surface area contributed by atoms with Gasteiger partial charge in [-0.05, 0) is 45.8 Å². The zero-order chi connectivity index (χ0) is 19.4. The second-order valence-electron chi connectivity index (χ2n) is 8.58. The van der Waals surface area contributed by atoms with Crippen LogP contribution < -0.4 is 0 Å². The fourth-order valence-corrected chi connectivity index (χ4v) is 10.9. The average molecular weight is 411 g/mol. The molecule has 0 spiro atoms. The molecule has 0 aromatic heterocycles. The van der Waals surface area contributed by atoms with Gasteiger partial charge in [0.1, 0.15) is 0 Å². The molecule has 0 heterocycles. The Morgan fingerprint density at radius 3 is 2.08 bits per heavy atom. The first kappa shape index (κ1) is 20.0. The molecule has 1 aromatic carbocycles. The molecule has 0 saturated heterocycles.